The molecule has 3 aromatic heterocycles. The van der Waals surface area contributed by atoms with Crippen LogP contribution in [-0.4, -0.2) is 24.5 Å². The average Bonchev–Trinajstić information content (AvgIpc) is 3.41. The van der Waals surface area contributed by atoms with Crippen LogP contribution in [0.4, 0.5) is 5.82 Å². The summed E-state index contributed by atoms with van der Waals surface area (Å²) < 4.78 is 1.95. The lowest BCUT2D eigenvalue weighted by Crippen LogP contribution is -2.26. The van der Waals surface area contributed by atoms with Crippen molar-refractivity contribution >= 4 is 39.4 Å². The molecule has 1 fully saturated rings. The lowest BCUT2D eigenvalue weighted by molar-refractivity contribution is 0.636. The van der Waals surface area contributed by atoms with Crippen molar-refractivity contribution in [3.05, 3.63) is 57.5 Å². The number of pyridine rings is 1. The molecular formula is C20H19ClN6O. The number of benzene rings is 1. The molecule has 28 heavy (non-hydrogen) atoms. The first kappa shape index (κ1) is 17.2. The van der Waals surface area contributed by atoms with E-state index in [0.717, 1.165) is 34.9 Å². The van der Waals surface area contributed by atoms with Gasteiger partial charge in [-0.1, -0.05) is 18.2 Å². The van der Waals surface area contributed by atoms with E-state index in [1.54, 1.807) is 0 Å². The van der Waals surface area contributed by atoms with Gasteiger partial charge >= 0.3 is 0 Å². The summed E-state index contributed by atoms with van der Waals surface area (Å²) in [6.45, 7) is 4.02. The average molecular weight is 395 g/mol. The summed E-state index contributed by atoms with van der Waals surface area (Å²) in [5.41, 5.74) is 3.19. The SMILES string of the molecule is Cc1cccc2cc([C@H](C)Nc3ncnc4nc(Cl)[nH]c34)n(C3CC3)c(=O)c12. The normalized spacial score (nSPS) is 15.2. The number of imidazole rings is 1. The first-order chi connectivity index (χ1) is 13.5. The number of rotatable bonds is 4. The third-order valence-corrected chi connectivity index (χ3v) is 5.47. The second-order valence-corrected chi connectivity index (χ2v) is 7.69. The summed E-state index contributed by atoms with van der Waals surface area (Å²) in [7, 11) is 0. The number of anilines is 1. The van der Waals surface area contributed by atoms with Gasteiger partial charge < -0.3 is 14.9 Å². The van der Waals surface area contributed by atoms with Crippen LogP contribution in [0.5, 0.6) is 0 Å². The molecule has 1 aromatic carbocycles. The summed E-state index contributed by atoms with van der Waals surface area (Å²) >= 11 is 5.98. The Balaban J connectivity index is 1.64. The van der Waals surface area contributed by atoms with Crippen molar-refractivity contribution in [3.63, 3.8) is 0 Å². The van der Waals surface area contributed by atoms with Gasteiger partial charge in [0.25, 0.3) is 5.56 Å². The van der Waals surface area contributed by atoms with Crippen LogP contribution in [-0.2, 0) is 0 Å². The standard InChI is InChI=1S/C20H19ClN6O/c1-10-4-3-5-12-8-14(27(13-6-7-13)19(28)15(10)12)11(2)24-17-16-18(23-9-22-17)26-20(21)25-16/h3-5,8-9,11,13H,6-7H2,1-2H3,(H2,22,23,24,25,26)/t11-/m0/s1. The number of H-pyrrole nitrogens is 1. The number of fused-ring (bicyclic) bond motifs is 2. The first-order valence-corrected chi connectivity index (χ1v) is 9.68. The highest BCUT2D eigenvalue weighted by Crippen LogP contribution is 2.37. The Labute approximate surface area is 165 Å². The quantitative estimate of drug-likeness (QED) is 0.508. The number of hydrogen-bond acceptors (Lipinski definition) is 5. The Bertz CT molecular complexity index is 1270. The number of hydrogen-bond donors (Lipinski definition) is 2. The van der Waals surface area contributed by atoms with Crippen LogP contribution in [0, 0.1) is 6.92 Å². The first-order valence-electron chi connectivity index (χ1n) is 9.30. The van der Waals surface area contributed by atoms with Gasteiger partial charge in [-0.05, 0) is 55.3 Å². The Morgan fingerprint density at radius 1 is 1.32 bits per heavy atom. The molecule has 0 bridgehead atoms. The Kier molecular flexibility index (Phi) is 3.87. The number of halogens is 1. The van der Waals surface area contributed by atoms with Crippen LogP contribution in [0.25, 0.3) is 21.9 Å². The fourth-order valence-corrected chi connectivity index (χ4v) is 3.98. The summed E-state index contributed by atoms with van der Waals surface area (Å²) in [5.74, 6) is 0.607. The molecule has 0 unspecified atom stereocenters. The van der Waals surface area contributed by atoms with Crippen LogP contribution in [0.3, 0.4) is 0 Å². The van der Waals surface area contributed by atoms with Crippen LogP contribution >= 0.6 is 11.6 Å². The second kappa shape index (κ2) is 6.31. The topological polar surface area (TPSA) is 88.5 Å². The fourth-order valence-electron chi connectivity index (χ4n) is 3.80. The monoisotopic (exact) mass is 394 g/mol. The van der Waals surface area contributed by atoms with Crippen LogP contribution in [0.2, 0.25) is 5.28 Å². The molecule has 0 amide bonds. The van der Waals surface area contributed by atoms with Gasteiger partial charge in [0.1, 0.15) is 11.8 Å². The van der Waals surface area contributed by atoms with E-state index in [1.807, 2.05) is 36.6 Å². The van der Waals surface area contributed by atoms with E-state index >= 15 is 0 Å². The molecule has 4 aromatic rings. The minimum atomic E-state index is -0.140. The summed E-state index contributed by atoms with van der Waals surface area (Å²) in [6, 6.07) is 8.21. The molecule has 3 heterocycles. The number of aromatic amines is 1. The Morgan fingerprint density at radius 2 is 2.14 bits per heavy atom. The van der Waals surface area contributed by atoms with Gasteiger partial charge in [0.2, 0.25) is 5.28 Å². The number of nitrogens with zero attached hydrogens (tertiary/aromatic N) is 4. The molecule has 1 aliphatic carbocycles. The smallest absolute Gasteiger partial charge is 0.259 e. The van der Waals surface area contributed by atoms with E-state index in [0.29, 0.717) is 17.0 Å². The Morgan fingerprint density at radius 3 is 2.93 bits per heavy atom. The second-order valence-electron chi connectivity index (χ2n) is 7.33. The highest BCUT2D eigenvalue weighted by molar-refractivity contribution is 6.29. The fraction of sp³-hybridized carbons (Fsp3) is 0.300. The van der Waals surface area contributed by atoms with Crippen LogP contribution < -0.4 is 10.9 Å². The predicted octanol–water partition coefficient (Wildman–Crippen LogP) is 4.14. The molecule has 8 heteroatoms. The van der Waals surface area contributed by atoms with Gasteiger partial charge in [-0.3, -0.25) is 4.79 Å². The number of aromatic nitrogens is 5. The third-order valence-electron chi connectivity index (χ3n) is 5.29. The largest absolute Gasteiger partial charge is 0.360 e. The van der Waals surface area contributed by atoms with Gasteiger partial charge in [0, 0.05) is 11.7 Å². The zero-order chi connectivity index (χ0) is 19.4. The molecule has 1 saturated carbocycles. The number of nitrogens with one attached hydrogen (secondary N) is 2. The van der Waals surface area contributed by atoms with Gasteiger partial charge in [0.15, 0.2) is 11.5 Å². The van der Waals surface area contributed by atoms with Gasteiger partial charge in [0.05, 0.1) is 11.4 Å². The molecule has 1 aliphatic rings. The van der Waals surface area contributed by atoms with Crippen molar-refractivity contribution < 1.29 is 0 Å². The van der Waals surface area contributed by atoms with E-state index in [-0.39, 0.29) is 22.9 Å². The molecule has 5 rings (SSSR count). The van der Waals surface area contributed by atoms with Gasteiger partial charge in [-0.15, -0.1) is 0 Å². The lowest BCUT2D eigenvalue weighted by Gasteiger charge is -2.21. The van der Waals surface area contributed by atoms with Crippen molar-refractivity contribution in [2.24, 2.45) is 0 Å². The molecule has 0 radical (unpaired) electrons. The van der Waals surface area contributed by atoms with Crippen molar-refractivity contribution in [2.45, 2.75) is 38.8 Å². The van der Waals surface area contributed by atoms with E-state index in [1.165, 1.54) is 6.33 Å². The molecule has 0 saturated heterocycles. The van der Waals surface area contributed by atoms with Crippen LogP contribution in [0.1, 0.15) is 43.1 Å². The molecule has 142 valence electrons. The van der Waals surface area contributed by atoms with Gasteiger partial charge in [-0.25, -0.2) is 9.97 Å². The summed E-state index contributed by atoms with van der Waals surface area (Å²) in [4.78, 5) is 28.9. The zero-order valence-electron chi connectivity index (χ0n) is 15.5. The van der Waals surface area contributed by atoms with Crippen molar-refractivity contribution in [1.29, 1.82) is 0 Å². The molecule has 2 N–H and O–H groups in total. The highest BCUT2D eigenvalue weighted by atomic mass is 35.5. The predicted molar refractivity (Wildman–Crippen MR) is 110 cm³/mol. The van der Waals surface area contributed by atoms with Crippen molar-refractivity contribution in [3.8, 4) is 0 Å². The highest BCUT2D eigenvalue weighted by Gasteiger charge is 2.29. The van der Waals surface area contributed by atoms with Gasteiger partial charge in [-0.2, -0.15) is 4.98 Å². The number of aryl methyl sites for hydroxylation is 1. The molecule has 7 nitrogen and oxygen atoms in total. The van der Waals surface area contributed by atoms with E-state index in [4.69, 9.17) is 11.6 Å². The molecule has 0 aliphatic heterocycles. The molecular weight excluding hydrogens is 376 g/mol. The van der Waals surface area contributed by atoms with E-state index < -0.39 is 0 Å². The molecule has 1 atom stereocenters. The zero-order valence-corrected chi connectivity index (χ0v) is 16.3. The maximum atomic E-state index is 13.3. The Hall–Kier alpha value is -2.93. The van der Waals surface area contributed by atoms with Crippen molar-refractivity contribution in [2.75, 3.05) is 5.32 Å². The minimum absolute atomic E-state index is 0.0826. The lowest BCUT2D eigenvalue weighted by atomic mass is 10.0. The van der Waals surface area contributed by atoms with E-state index in [9.17, 15) is 4.79 Å². The van der Waals surface area contributed by atoms with Crippen LogP contribution in [0.15, 0.2) is 35.4 Å². The maximum Gasteiger partial charge on any atom is 0.259 e. The summed E-state index contributed by atoms with van der Waals surface area (Å²) in [5, 5.41) is 5.43. The summed E-state index contributed by atoms with van der Waals surface area (Å²) in [6.07, 6.45) is 3.52. The molecule has 0 spiro atoms. The third kappa shape index (κ3) is 2.74. The van der Waals surface area contributed by atoms with E-state index in [2.05, 4.69) is 31.3 Å². The van der Waals surface area contributed by atoms with Crippen molar-refractivity contribution in [1.82, 2.24) is 24.5 Å². The maximum absolute atomic E-state index is 13.3. The minimum Gasteiger partial charge on any atom is -0.360 e.